The standard InChI is InChI=1S/C15H18N4O3S/c1-9-5-11(6-14(10(9)2)23(16,21)22)15(20)19-4-3-12-13(7-19)18-8-17-12/h5-6,8H,3-4,7H2,1-2H3,(H,17,18)(H2,16,21,22). The number of imidazole rings is 1. The molecule has 0 saturated carbocycles. The molecule has 7 nitrogen and oxygen atoms in total. The highest BCUT2D eigenvalue weighted by Gasteiger charge is 2.25. The number of sulfonamides is 1. The Morgan fingerprint density at radius 2 is 2.09 bits per heavy atom. The van der Waals surface area contributed by atoms with Gasteiger partial charge in [-0.25, -0.2) is 18.5 Å². The molecule has 1 aromatic carbocycles. The number of aromatic nitrogens is 2. The monoisotopic (exact) mass is 334 g/mol. The van der Waals surface area contributed by atoms with Crippen molar-refractivity contribution in [1.29, 1.82) is 0 Å². The zero-order valence-electron chi connectivity index (χ0n) is 13.0. The van der Waals surface area contributed by atoms with Crippen molar-refractivity contribution in [3.8, 4) is 0 Å². The lowest BCUT2D eigenvalue weighted by molar-refractivity contribution is 0.0731. The van der Waals surface area contributed by atoms with Crippen LogP contribution in [0.25, 0.3) is 0 Å². The van der Waals surface area contributed by atoms with Crippen molar-refractivity contribution < 1.29 is 13.2 Å². The van der Waals surface area contributed by atoms with Crippen molar-refractivity contribution in [3.05, 3.63) is 46.5 Å². The molecule has 2 heterocycles. The van der Waals surface area contributed by atoms with Gasteiger partial charge in [0.2, 0.25) is 10.0 Å². The molecule has 8 heteroatoms. The van der Waals surface area contributed by atoms with Crippen LogP contribution < -0.4 is 5.14 Å². The van der Waals surface area contributed by atoms with Crippen LogP contribution in [0.4, 0.5) is 0 Å². The van der Waals surface area contributed by atoms with Crippen molar-refractivity contribution in [2.45, 2.75) is 31.7 Å². The molecule has 0 spiro atoms. The van der Waals surface area contributed by atoms with Gasteiger partial charge in [-0.15, -0.1) is 0 Å². The summed E-state index contributed by atoms with van der Waals surface area (Å²) in [7, 11) is -3.87. The summed E-state index contributed by atoms with van der Waals surface area (Å²) in [6, 6.07) is 3.07. The van der Waals surface area contributed by atoms with E-state index in [-0.39, 0.29) is 10.8 Å². The van der Waals surface area contributed by atoms with Crippen LogP contribution in [0.15, 0.2) is 23.4 Å². The number of nitrogens with one attached hydrogen (secondary N) is 1. The fourth-order valence-electron chi connectivity index (χ4n) is 2.81. The molecule has 0 radical (unpaired) electrons. The first-order valence-electron chi connectivity index (χ1n) is 7.22. The van der Waals surface area contributed by atoms with Crippen LogP contribution >= 0.6 is 0 Å². The van der Waals surface area contributed by atoms with Crippen molar-refractivity contribution in [2.24, 2.45) is 5.14 Å². The predicted octanol–water partition coefficient (Wildman–Crippen LogP) is 0.872. The van der Waals surface area contributed by atoms with Gasteiger partial charge in [-0.05, 0) is 37.1 Å². The smallest absolute Gasteiger partial charge is 0.254 e. The molecular formula is C15H18N4O3S. The number of amides is 1. The molecule has 122 valence electrons. The molecule has 1 amide bonds. The Morgan fingerprint density at radius 1 is 1.35 bits per heavy atom. The minimum Gasteiger partial charge on any atom is -0.347 e. The van der Waals surface area contributed by atoms with Crippen LogP contribution in [0.3, 0.4) is 0 Å². The minimum absolute atomic E-state index is 0.0000822. The van der Waals surface area contributed by atoms with Gasteiger partial charge in [0.15, 0.2) is 0 Å². The maximum Gasteiger partial charge on any atom is 0.254 e. The van der Waals surface area contributed by atoms with Gasteiger partial charge < -0.3 is 9.88 Å². The maximum atomic E-state index is 12.7. The van der Waals surface area contributed by atoms with E-state index >= 15 is 0 Å². The molecule has 0 unspecified atom stereocenters. The molecule has 3 rings (SSSR count). The third kappa shape index (κ3) is 2.87. The molecule has 0 aliphatic carbocycles. The van der Waals surface area contributed by atoms with Crippen LogP contribution in [0.1, 0.15) is 32.9 Å². The molecule has 3 N–H and O–H groups in total. The summed E-state index contributed by atoms with van der Waals surface area (Å²) in [5, 5.41) is 5.26. The number of fused-ring (bicyclic) bond motifs is 1. The normalized spacial score (nSPS) is 14.7. The largest absolute Gasteiger partial charge is 0.347 e. The van der Waals surface area contributed by atoms with E-state index < -0.39 is 10.0 Å². The number of rotatable bonds is 2. The van der Waals surface area contributed by atoms with E-state index in [1.165, 1.54) is 6.07 Å². The molecule has 0 fully saturated rings. The van der Waals surface area contributed by atoms with Gasteiger partial charge in [0.05, 0.1) is 29.2 Å². The zero-order valence-corrected chi connectivity index (χ0v) is 13.8. The number of primary sulfonamides is 1. The number of hydrogen-bond donors (Lipinski definition) is 2. The summed E-state index contributed by atoms with van der Waals surface area (Å²) in [4.78, 5) is 21.6. The Balaban J connectivity index is 1.96. The van der Waals surface area contributed by atoms with Gasteiger partial charge in [0.1, 0.15) is 0 Å². The number of aryl methyl sites for hydroxylation is 1. The summed E-state index contributed by atoms with van der Waals surface area (Å²) in [6.45, 7) is 4.44. The lowest BCUT2D eigenvalue weighted by Gasteiger charge is -2.26. The second kappa shape index (κ2) is 5.47. The molecule has 0 bridgehead atoms. The lowest BCUT2D eigenvalue weighted by atomic mass is 10.0. The average Bonchev–Trinajstić information content (AvgIpc) is 2.95. The van der Waals surface area contributed by atoms with E-state index in [4.69, 9.17) is 5.14 Å². The SMILES string of the molecule is Cc1cc(C(=O)N2CCc3nc[nH]c3C2)cc(S(N)(=O)=O)c1C. The Hall–Kier alpha value is -2.19. The molecular weight excluding hydrogens is 316 g/mol. The predicted molar refractivity (Wildman–Crippen MR) is 84.3 cm³/mol. The summed E-state index contributed by atoms with van der Waals surface area (Å²) >= 11 is 0. The summed E-state index contributed by atoms with van der Waals surface area (Å²) in [6.07, 6.45) is 2.30. The van der Waals surface area contributed by atoms with Crippen LogP contribution in [0.2, 0.25) is 0 Å². The first-order valence-corrected chi connectivity index (χ1v) is 8.76. The van der Waals surface area contributed by atoms with Crippen LogP contribution in [0, 0.1) is 13.8 Å². The fraction of sp³-hybridized carbons (Fsp3) is 0.333. The van der Waals surface area contributed by atoms with Crippen molar-refractivity contribution in [2.75, 3.05) is 6.54 Å². The van der Waals surface area contributed by atoms with Gasteiger partial charge in [-0.1, -0.05) is 0 Å². The Kier molecular flexibility index (Phi) is 3.73. The number of H-pyrrole nitrogens is 1. The van der Waals surface area contributed by atoms with Crippen LogP contribution in [-0.2, 0) is 23.0 Å². The van der Waals surface area contributed by atoms with Crippen molar-refractivity contribution >= 4 is 15.9 Å². The van der Waals surface area contributed by atoms with Crippen molar-refractivity contribution in [1.82, 2.24) is 14.9 Å². The maximum absolute atomic E-state index is 12.7. The Labute approximate surface area is 134 Å². The number of benzene rings is 1. The second-order valence-electron chi connectivity index (χ2n) is 5.77. The number of nitrogens with two attached hydrogens (primary N) is 1. The second-order valence-corrected chi connectivity index (χ2v) is 7.30. The van der Waals surface area contributed by atoms with Gasteiger partial charge in [0.25, 0.3) is 5.91 Å². The fourth-order valence-corrected chi connectivity index (χ4v) is 3.69. The van der Waals surface area contributed by atoms with E-state index in [0.717, 1.165) is 17.0 Å². The lowest BCUT2D eigenvalue weighted by Crippen LogP contribution is -2.36. The number of carbonyl (C=O) groups is 1. The summed E-state index contributed by atoms with van der Waals surface area (Å²) in [5.41, 5.74) is 3.51. The zero-order chi connectivity index (χ0) is 16.8. The van der Waals surface area contributed by atoms with Gasteiger partial charge in [0, 0.05) is 18.5 Å². The average molecular weight is 334 g/mol. The van der Waals surface area contributed by atoms with Gasteiger partial charge in [-0.2, -0.15) is 0 Å². The van der Waals surface area contributed by atoms with E-state index in [1.54, 1.807) is 31.1 Å². The third-order valence-corrected chi connectivity index (χ3v) is 5.27. The molecule has 1 aromatic heterocycles. The van der Waals surface area contributed by atoms with Crippen molar-refractivity contribution in [3.63, 3.8) is 0 Å². The molecule has 1 aliphatic heterocycles. The number of aromatic amines is 1. The van der Waals surface area contributed by atoms with E-state index in [1.807, 2.05) is 0 Å². The Morgan fingerprint density at radius 3 is 2.78 bits per heavy atom. The highest BCUT2D eigenvalue weighted by atomic mass is 32.2. The summed E-state index contributed by atoms with van der Waals surface area (Å²) in [5.74, 6) is -0.210. The van der Waals surface area contributed by atoms with E-state index in [9.17, 15) is 13.2 Å². The number of nitrogens with zero attached hydrogens (tertiary/aromatic N) is 2. The van der Waals surface area contributed by atoms with Crippen LogP contribution in [-0.4, -0.2) is 35.7 Å². The molecule has 0 saturated heterocycles. The minimum atomic E-state index is -3.87. The van der Waals surface area contributed by atoms with E-state index in [0.29, 0.717) is 30.6 Å². The number of hydrogen-bond acceptors (Lipinski definition) is 4. The molecule has 2 aromatic rings. The quantitative estimate of drug-likeness (QED) is 0.849. The van der Waals surface area contributed by atoms with E-state index in [2.05, 4.69) is 9.97 Å². The highest BCUT2D eigenvalue weighted by molar-refractivity contribution is 7.89. The first-order chi connectivity index (χ1) is 10.8. The topological polar surface area (TPSA) is 109 Å². The molecule has 0 atom stereocenters. The highest BCUT2D eigenvalue weighted by Crippen LogP contribution is 2.23. The summed E-state index contributed by atoms with van der Waals surface area (Å²) < 4.78 is 23.5. The first kappa shape index (κ1) is 15.7. The van der Waals surface area contributed by atoms with Crippen LogP contribution in [0.5, 0.6) is 0 Å². The number of carbonyl (C=O) groups excluding carboxylic acids is 1. The molecule has 23 heavy (non-hydrogen) atoms. The molecule has 1 aliphatic rings. The Bertz CT molecular complexity index is 886. The third-order valence-electron chi connectivity index (χ3n) is 4.24. The van der Waals surface area contributed by atoms with Gasteiger partial charge >= 0.3 is 0 Å². The van der Waals surface area contributed by atoms with Gasteiger partial charge in [-0.3, -0.25) is 4.79 Å².